The van der Waals surface area contributed by atoms with Crippen LogP contribution in [0.5, 0.6) is 0 Å². The van der Waals surface area contributed by atoms with Crippen molar-refractivity contribution in [1.82, 2.24) is 15.2 Å². The molecule has 1 aliphatic heterocycles. The van der Waals surface area contributed by atoms with Gasteiger partial charge in [-0.1, -0.05) is 18.2 Å². The molecule has 0 bridgehead atoms. The third kappa shape index (κ3) is 4.49. The summed E-state index contributed by atoms with van der Waals surface area (Å²) >= 11 is 0. The summed E-state index contributed by atoms with van der Waals surface area (Å²) < 4.78 is 38.2. The van der Waals surface area contributed by atoms with Gasteiger partial charge < -0.3 is 5.32 Å². The molecular weight excluding hydrogens is 343 g/mol. The second kappa shape index (κ2) is 7.70. The predicted octanol–water partition coefficient (Wildman–Crippen LogP) is 3.58. The van der Waals surface area contributed by atoms with Gasteiger partial charge in [0.15, 0.2) is 0 Å². The molecular formula is C19H18F3N3O. The van der Waals surface area contributed by atoms with E-state index < -0.39 is 17.6 Å². The van der Waals surface area contributed by atoms with Gasteiger partial charge in [0.05, 0.1) is 17.9 Å². The standard InChI is InChI=1S/C19H18F3N3O/c20-19(21,22)16-5-3-4-15(12-16)18(26)24-13-25-10-7-14(8-11-25)17-6-1-2-9-23-17/h1-7,9,12H,8,10-11,13H2,(H,24,26). The fourth-order valence-electron chi connectivity index (χ4n) is 2.76. The molecule has 0 saturated carbocycles. The zero-order valence-electron chi connectivity index (χ0n) is 14.0. The van der Waals surface area contributed by atoms with Crippen LogP contribution in [0.25, 0.3) is 5.57 Å². The van der Waals surface area contributed by atoms with Gasteiger partial charge in [0.25, 0.3) is 5.91 Å². The Balaban J connectivity index is 1.55. The average Bonchev–Trinajstić information content (AvgIpc) is 2.66. The quantitative estimate of drug-likeness (QED) is 0.905. The molecule has 1 aliphatic rings. The number of aromatic nitrogens is 1. The number of rotatable bonds is 4. The Morgan fingerprint density at radius 1 is 1.19 bits per heavy atom. The first-order valence-electron chi connectivity index (χ1n) is 8.22. The molecule has 0 saturated heterocycles. The van der Waals surface area contributed by atoms with E-state index in [9.17, 15) is 18.0 Å². The lowest BCUT2D eigenvalue weighted by Gasteiger charge is -2.26. The van der Waals surface area contributed by atoms with Gasteiger partial charge in [0.2, 0.25) is 0 Å². The van der Waals surface area contributed by atoms with Crippen molar-refractivity contribution in [2.24, 2.45) is 0 Å². The summed E-state index contributed by atoms with van der Waals surface area (Å²) in [6.45, 7) is 1.67. The number of carbonyl (C=O) groups excluding carboxylic acids is 1. The number of benzene rings is 1. The van der Waals surface area contributed by atoms with E-state index in [1.54, 1.807) is 6.20 Å². The average molecular weight is 361 g/mol. The molecule has 0 aliphatic carbocycles. The summed E-state index contributed by atoms with van der Waals surface area (Å²) in [5.74, 6) is -0.518. The van der Waals surface area contributed by atoms with Gasteiger partial charge in [0.1, 0.15) is 0 Å². The summed E-state index contributed by atoms with van der Waals surface area (Å²) in [5.41, 5.74) is 1.28. The van der Waals surface area contributed by atoms with Crippen molar-refractivity contribution in [3.63, 3.8) is 0 Å². The van der Waals surface area contributed by atoms with Crippen molar-refractivity contribution in [1.29, 1.82) is 0 Å². The van der Waals surface area contributed by atoms with Gasteiger partial charge in [-0.2, -0.15) is 13.2 Å². The molecule has 3 rings (SSSR count). The number of nitrogens with one attached hydrogen (secondary N) is 1. The van der Waals surface area contributed by atoms with Gasteiger partial charge in [-0.15, -0.1) is 0 Å². The fraction of sp³-hybridized carbons (Fsp3) is 0.263. The SMILES string of the molecule is O=C(NCN1CC=C(c2ccccn2)CC1)c1cccc(C(F)(F)F)c1. The van der Waals surface area contributed by atoms with Gasteiger partial charge in [-0.25, -0.2) is 0 Å². The van der Waals surface area contributed by atoms with Crippen LogP contribution in [0.1, 0.15) is 28.0 Å². The fourth-order valence-corrected chi connectivity index (χ4v) is 2.76. The molecule has 4 nitrogen and oxygen atoms in total. The van der Waals surface area contributed by atoms with Gasteiger partial charge in [-0.05, 0) is 42.3 Å². The molecule has 0 radical (unpaired) electrons. The topological polar surface area (TPSA) is 45.2 Å². The minimum Gasteiger partial charge on any atom is -0.339 e. The first-order chi connectivity index (χ1) is 12.4. The molecule has 7 heteroatoms. The molecule has 136 valence electrons. The summed E-state index contributed by atoms with van der Waals surface area (Å²) in [4.78, 5) is 18.5. The van der Waals surface area contributed by atoms with Gasteiger partial charge >= 0.3 is 6.18 Å². The summed E-state index contributed by atoms with van der Waals surface area (Å²) in [7, 11) is 0. The molecule has 1 aromatic heterocycles. The number of nitrogens with zero attached hydrogens (tertiary/aromatic N) is 2. The zero-order chi connectivity index (χ0) is 18.6. The van der Waals surface area contributed by atoms with E-state index in [1.165, 1.54) is 12.1 Å². The van der Waals surface area contributed by atoms with Crippen LogP contribution in [-0.2, 0) is 6.18 Å². The lowest BCUT2D eigenvalue weighted by Crippen LogP contribution is -2.39. The van der Waals surface area contributed by atoms with E-state index in [2.05, 4.69) is 16.4 Å². The van der Waals surface area contributed by atoms with E-state index in [0.29, 0.717) is 6.54 Å². The van der Waals surface area contributed by atoms with Crippen molar-refractivity contribution < 1.29 is 18.0 Å². The smallest absolute Gasteiger partial charge is 0.339 e. The highest BCUT2D eigenvalue weighted by Gasteiger charge is 2.30. The first kappa shape index (κ1) is 18.1. The minimum atomic E-state index is -4.46. The van der Waals surface area contributed by atoms with Crippen LogP contribution in [0.2, 0.25) is 0 Å². The Kier molecular flexibility index (Phi) is 5.37. The number of halogens is 3. The van der Waals surface area contributed by atoms with Crippen LogP contribution in [0.3, 0.4) is 0 Å². The van der Waals surface area contributed by atoms with Crippen LogP contribution in [-0.4, -0.2) is 35.5 Å². The Labute approximate surface area is 149 Å². The molecule has 0 atom stereocenters. The Hall–Kier alpha value is -2.67. The molecule has 26 heavy (non-hydrogen) atoms. The van der Waals surface area contributed by atoms with Crippen LogP contribution in [0.15, 0.2) is 54.7 Å². The number of hydrogen-bond acceptors (Lipinski definition) is 3. The normalized spacial score (nSPS) is 15.4. The molecule has 2 heterocycles. The Morgan fingerprint density at radius 2 is 2.04 bits per heavy atom. The molecule has 0 unspecified atom stereocenters. The van der Waals surface area contributed by atoms with Crippen molar-refractivity contribution in [2.75, 3.05) is 19.8 Å². The number of hydrogen-bond donors (Lipinski definition) is 1. The molecule has 1 amide bonds. The van der Waals surface area contributed by atoms with Crippen molar-refractivity contribution in [3.8, 4) is 0 Å². The molecule has 0 fully saturated rings. The van der Waals surface area contributed by atoms with Gasteiger partial charge in [-0.3, -0.25) is 14.7 Å². The van der Waals surface area contributed by atoms with E-state index in [4.69, 9.17) is 0 Å². The third-order valence-corrected chi connectivity index (χ3v) is 4.20. The van der Waals surface area contributed by atoms with E-state index in [0.717, 1.165) is 36.4 Å². The van der Waals surface area contributed by atoms with Crippen LogP contribution in [0.4, 0.5) is 13.2 Å². The maximum atomic E-state index is 12.7. The second-order valence-electron chi connectivity index (χ2n) is 6.01. The summed E-state index contributed by atoms with van der Waals surface area (Å²) in [5, 5.41) is 2.68. The monoisotopic (exact) mass is 361 g/mol. The molecule has 2 aromatic rings. The molecule has 1 N–H and O–H groups in total. The van der Waals surface area contributed by atoms with Crippen LogP contribution < -0.4 is 5.32 Å². The van der Waals surface area contributed by atoms with E-state index in [-0.39, 0.29) is 12.2 Å². The lowest BCUT2D eigenvalue weighted by atomic mass is 10.0. The Morgan fingerprint density at radius 3 is 2.69 bits per heavy atom. The maximum absolute atomic E-state index is 12.7. The number of amides is 1. The number of pyridine rings is 1. The highest BCUT2D eigenvalue weighted by molar-refractivity contribution is 5.94. The first-order valence-corrected chi connectivity index (χ1v) is 8.22. The summed E-state index contributed by atoms with van der Waals surface area (Å²) in [6.07, 6.45) is 0.145. The molecule has 1 aromatic carbocycles. The zero-order valence-corrected chi connectivity index (χ0v) is 14.0. The van der Waals surface area contributed by atoms with E-state index >= 15 is 0 Å². The van der Waals surface area contributed by atoms with Crippen LogP contribution >= 0.6 is 0 Å². The highest BCUT2D eigenvalue weighted by atomic mass is 19.4. The van der Waals surface area contributed by atoms with Crippen molar-refractivity contribution in [3.05, 3.63) is 71.6 Å². The molecule has 0 spiro atoms. The highest BCUT2D eigenvalue weighted by Crippen LogP contribution is 2.29. The van der Waals surface area contributed by atoms with Crippen molar-refractivity contribution >= 4 is 11.5 Å². The second-order valence-corrected chi connectivity index (χ2v) is 6.01. The lowest BCUT2D eigenvalue weighted by molar-refractivity contribution is -0.137. The third-order valence-electron chi connectivity index (χ3n) is 4.20. The predicted molar refractivity (Wildman–Crippen MR) is 92.2 cm³/mol. The largest absolute Gasteiger partial charge is 0.416 e. The van der Waals surface area contributed by atoms with Gasteiger partial charge in [0, 0.05) is 24.8 Å². The maximum Gasteiger partial charge on any atom is 0.416 e. The van der Waals surface area contributed by atoms with Crippen molar-refractivity contribution in [2.45, 2.75) is 12.6 Å². The van der Waals surface area contributed by atoms with Crippen LogP contribution in [0, 0.1) is 0 Å². The minimum absolute atomic E-state index is 0.00144. The number of alkyl halides is 3. The Bertz CT molecular complexity index is 803. The number of carbonyl (C=O) groups is 1. The van der Waals surface area contributed by atoms with E-state index in [1.807, 2.05) is 23.1 Å². The summed E-state index contributed by atoms with van der Waals surface area (Å²) in [6, 6.07) is 10.2.